The minimum atomic E-state index is -4.35. The molecular weight excluding hydrogens is 319 g/mol. The average Bonchev–Trinajstić information content (AvgIpc) is 2.72. The van der Waals surface area contributed by atoms with Crippen LogP contribution in [0.15, 0.2) is 4.34 Å². The van der Waals surface area contributed by atoms with Gasteiger partial charge in [-0.3, -0.25) is 10.1 Å². The van der Waals surface area contributed by atoms with Crippen molar-refractivity contribution in [1.29, 1.82) is 0 Å². The Bertz CT molecular complexity index is 493. The molecule has 0 saturated heterocycles. The molecule has 1 heterocycles. The second kappa shape index (κ2) is 6.74. The molecule has 1 aromatic heterocycles. The Hall–Kier alpha value is -1.56. The smallest absolute Gasteiger partial charge is 0.351 e. The number of aromatic nitrogens is 2. The van der Waals surface area contributed by atoms with E-state index in [1.165, 1.54) is 6.92 Å². The maximum Gasteiger partial charge on any atom is 0.405 e. The number of nitrogens with zero attached hydrogens (tertiary/aromatic N) is 2. The number of halogens is 3. The molecule has 0 unspecified atom stereocenters. The Morgan fingerprint density at radius 3 is 2.65 bits per heavy atom. The highest BCUT2D eigenvalue weighted by atomic mass is 32.2. The van der Waals surface area contributed by atoms with Gasteiger partial charge in [-0.15, -0.1) is 10.2 Å². The number of rotatable bonds is 5. The highest BCUT2D eigenvalue weighted by Crippen LogP contribution is 2.29. The number of hydrogen-bond acceptors (Lipinski definition) is 7. The molecule has 0 aliphatic rings. The summed E-state index contributed by atoms with van der Waals surface area (Å²) in [6.07, 6.45) is -4.35. The molecule has 0 fully saturated rings. The van der Waals surface area contributed by atoms with Crippen molar-refractivity contribution < 1.29 is 22.8 Å². The molecule has 0 spiro atoms. The molecule has 3 amide bonds. The lowest BCUT2D eigenvalue weighted by Crippen LogP contribution is -2.39. The number of primary amides is 1. The van der Waals surface area contributed by atoms with Crippen molar-refractivity contribution in [3.8, 4) is 0 Å². The van der Waals surface area contributed by atoms with Crippen LogP contribution in [0.1, 0.15) is 6.92 Å². The van der Waals surface area contributed by atoms with Crippen molar-refractivity contribution in [2.45, 2.75) is 22.7 Å². The molecule has 0 saturated carbocycles. The molecule has 1 aromatic rings. The van der Waals surface area contributed by atoms with Gasteiger partial charge in [-0.25, -0.2) is 4.79 Å². The van der Waals surface area contributed by atoms with Crippen LogP contribution in [0.25, 0.3) is 0 Å². The third-order valence-corrected chi connectivity index (χ3v) is 3.80. The van der Waals surface area contributed by atoms with Gasteiger partial charge in [0.15, 0.2) is 4.34 Å². The fourth-order valence-corrected chi connectivity index (χ4v) is 2.82. The predicted molar refractivity (Wildman–Crippen MR) is 67.5 cm³/mol. The van der Waals surface area contributed by atoms with Gasteiger partial charge in [-0.05, 0) is 6.92 Å². The summed E-state index contributed by atoms with van der Waals surface area (Å²) >= 11 is 1.82. The summed E-state index contributed by atoms with van der Waals surface area (Å²) < 4.78 is 36.2. The molecule has 112 valence electrons. The van der Waals surface area contributed by atoms with E-state index in [4.69, 9.17) is 5.73 Å². The fourth-order valence-electron chi connectivity index (χ4n) is 0.932. The van der Waals surface area contributed by atoms with Gasteiger partial charge in [0, 0.05) is 0 Å². The summed E-state index contributed by atoms with van der Waals surface area (Å²) in [4.78, 5) is 21.9. The molecule has 1 atom stereocenters. The molecule has 7 nitrogen and oxygen atoms in total. The van der Waals surface area contributed by atoms with Gasteiger partial charge in [-0.1, -0.05) is 23.1 Å². The van der Waals surface area contributed by atoms with Crippen LogP contribution in [-0.2, 0) is 4.79 Å². The normalized spacial score (nSPS) is 12.8. The van der Waals surface area contributed by atoms with Crippen LogP contribution in [0.4, 0.5) is 23.1 Å². The van der Waals surface area contributed by atoms with E-state index in [9.17, 15) is 22.8 Å². The number of hydrogen-bond donors (Lipinski definition) is 3. The first-order chi connectivity index (χ1) is 9.17. The number of amides is 3. The number of carbonyl (C=O) groups excluding carboxylic acids is 2. The zero-order valence-electron chi connectivity index (χ0n) is 10.0. The van der Waals surface area contributed by atoms with E-state index in [0.717, 1.165) is 23.1 Å². The van der Waals surface area contributed by atoms with E-state index in [0.29, 0.717) is 4.34 Å². The number of imide groups is 1. The number of nitrogens with one attached hydrogen (secondary N) is 2. The van der Waals surface area contributed by atoms with Crippen LogP contribution >= 0.6 is 23.1 Å². The maximum absolute atomic E-state index is 12.0. The van der Waals surface area contributed by atoms with Crippen LogP contribution in [0.3, 0.4) is 0 Å². The molecule has 1 rings (SSSR count). The summed E-state index contributed by atoms with van der Waals surface area (Å²) in [6.45, 7) is 0.275. The fraction of sp³-hybridized carbons (Fsp3) is 0.500. The largest absolute Gasteiger partial charge is 0.405 e. The van der Waals surface area contributed by atoms with Gasteiger partial charge >= 0.3 is 12.2 Å². The van der Waals surface area contributed by atoms with Gasteiger partial charge in [-0.2, -0.15) is 13.2 Å². The summed E-state index contributed by atoms with van der Waals surface area (Å²) in [5, 5.41) is 10.4. The van der Waals surface area contributed by atoms with Crippen molar-refractivity contribution in [2.75, 3.05) is 11.9 Å². The summed E-state index contributed by atoms with van der Waals surface area (Å²) in [5.74, 6) is -0.623. The molecule has 0 aliphatic heterocycles. The minimum Gasteiger partial charge on any atom is -0.351 e. The zero-order valence-corrected chi connectivity index (χ0v) is 11.7. The van der Waals surface area contributed by atoms with Crippen molar-refractivity contribution in [1.82, 2.24) is 15.5 Å². The third kappa shape index (κ3) is 6.06. The molecule has 4 N–H and O–H groups in total. The SMILES string of the molecule is C[C@H](Sc1nnc(NCC(F)(F)F)s1)C(=O)NC(N)=O. The van der Waals surface area contributed by atoms with Gasteiger partial charge in [0.1, 0.15) is 6.54 Å². The Balaban J connectivity index is 2.51. The van der Waals surface area contributed by atoms with E-state index in [1.807, 2.05) is 5.32 Å². The second-order valence-electron chi connectivity index (χ2n) is 3.46. The first-order valence-corrected chi connectivity index (χ1v) is 6.78. The van der Waals surface area contributed by atoms with Gasteiger partial charge in [0.2, 0.25) is 11.0 Å². The molecule has 0 radical (unpaired) electrons. The van der Waals surface area contributed by atoms with Crippen molar-refractivity contribution >= 4 is 40.2 Å². The van der Waals surface area contributed by atoms with Crippen molar-refractivity contribution in [2.24, 2.45) is 5.73 Å². The van der Waals surface area contributed by atoms with Gasteiger partial charge < -0.3 is 11.1 Å². The number of thioether (sulfide) groups is 1. The van der Waals surface area contributed by atoms with Crippen LogP contribution in [-0.4, -0.2) is 40.1 Å². The van der Waals surface area contributed by atoms with Gasteiger partial charge in [0.05, 0.1) is 5.25 Å². The molecule has 12 heteroatoms. The minimum absolute atomic E-state index is 0.00710. The Labute approximate surface area is 119 Å². The van der Waals surface area contributed by atoms with Crippen LogP contribution in [0, 0.1) is 0 Å². The molecule has 20 heavy (non-hydrogen) atoms. The topological polar surface area (TPSA) is 110 Å². The number of carbonyl (C=O) groups is 2. The van der Waals surface area contributed by atoms with E-state index >= 15 is 0 Å². The summed E-state index contributed by atoms with van der Waals surface area (Å²) in [6, 6.07) is -0.979. The standard InChI is InChI=1S/C8H10F3N5O2S2/c1-3(4(17)14-5(12)18)19-7-16-15-6(20-7)13-2-8(9,10)11/h3H,2H2,1H3,(H,13,15)(H3,12,14,17,18)/t3-/m0/s1. The number of urea groups is 1. The highest BCUT2D eigenvalue weighted by Gasteiger charge is 2.27. The van der Waals surface area contributed by atoms with Crippen molar-refractivity contribution in [3.05, 3.63) is 0 Å². The number of anilines is 1. The Kier molecular flexibility index (Phi) is 5.56. The predicted octanol–water partition coefficient (Wildman–Crippen LogP) is 1.19. The molecule has 0 aromatic carbocycles. The maximum atomic E-state index is 12.0. The van der Waals surface area contributed by atoms with Crippen LogP contribution in [0.5, 0.6) is 0 Å². The lowest BCUT2D eigenvalue weighted by molar-refractivity contribution is -0.119. The lowest BCUT2D eigenvalue weighted by Gasteiger charge is -2.07. The van der Waals surface area contributed by atoms with Crippen LogP contribution < -0.4 is 16.4 Å². The highest BCUT2D eigenvalue weighted by molar-refractivity contribution is 8.02. The zero-order chi connectivity index (χ0) is 15.3. The number of nitrogens with two attached hydrogens (primary N) is 1. The second-order valence-corrected chi connectivity index (χ2v) is 6.02. The van der Waals surface area contributed by atoms with Gasteiger partial charge in [0.25, 0.3) is 0 Å². The monoisotopic (exact) mass is 329 g/mol. The quantitative estimate of drug-likeness (QED) is 0.700. The van der Waals surface area contributed by atoms with Crippen LogP contribution in [0.2, 0.25) is 0 Å². The van der Waals surface area contributed by atoms with Crippen molar-refractivity contribution in [3.63, 3.8) is 0 Å². The Morgan fingerprint density at radius 1 is 1.45 bits per heavy atom. The Morgan fingerprint density at radius 2 is 2.10 bits per heavy atom. The van der Waals surface area contributed by atoms with E-state index in [1.54, 1.807) is 0 Å². The third-order valence-electron chi connectivity index (χ3n) is 1.74. The summed E-state index contributed by atoms with van der Waals surface area (Å²) in [7, 11) is 0. The lowest BCUT2D eigenvalue weighted by atomic mass is 10.4. The number of alkyl halides is 3. The molecule has 0 aliphatic carbocycles. The average molecular weight is 329 g/mol. The molecule has 0 bridgehead atoms. The summed E-state index contributed by atoms with van der Waals surface area (Å²) in [5.41, 5.74) is 4.79. The van der Waals surface area contributed by atoms with E-state index < -0.39 is 29.9 Å². The van der Waals surface area contributed by atoms with E-state index in [-0.39, 0.29) is 5.13 Å². The first kappa shape index (κ1) is 16.5. The molecular formula is C8H10F3N5O2S2. The van der Waals surface area contributed by atoms with E-state index in [2.05, 4.69) is 15.5 Å². The first-order valence-electron chi connectivity index (χ1n) is 5.08.